The number of likely N-dealkylation sites (tertiary alicyclic amines) is 1. The molecule has 0 bridgehead atoms. The average Bonchev–Trinajstić information content (AvgIpc) is 3.08. The molecule has 1 aliphatic carbocycles. The molecule has 1 aromatic carbocycles. The molecule has 0 spiro atoms. The fraction of sp³-hybridized carbons (Fsp3) is 0.483. The van der Waals surface area contributed by atoms with Crippen LogP contribution >= 0.6 is 0 Å². The molecule has 0 atom stereocenters. The highest BCUT2D eigenvalue weighted by atomic mass is 16.2. The van der Waals surface area contributed by atoms with Crippen LogP contribution in [0.5, 0.6) is 0 Å². The number of allylic oxidation sites excluding steroid dienone is 5. The predicted molar refractivity (Wildman–Crippen MR) is 147 cm³/mol. The SMILES string of the molecule is CC(=O)NN1CN=C(CC2=CC=C(C(C)(C)C)CC=C2)NC1=NC1CCN(Cc2ccccc2)CC1. The molecule has 0 aromatic heterocycles. The fourth-order valence-electron chi connectivity index (χ4n) is 4.70. The third-order valence-electron chi connectivity index (χ3n) is 6.82. The Morgan fingerprint density at radius 2 is 1.92 bits per heavy atom. The number of hydrogen-bond donors (Lipinski definition) is 2. The molecule has 1 amide bonds. The highest BCUT2D eigenvalue weighted by Gasteiger charge is 2.24. The summed E-state index contributed by atoms with van der Waals surface area (Å²) in [4.78, 5) is 24.0. The zero-order valence-corrected chi connectivity index (χ0v) is 22.1. The standard InChI is InChI=1S/C29H40N6O/c1-22(36)33-35-21-30-27(19-23-11-8-12-25(14-13-23)29(2,3)4)32-28(35)31-26-15-17-34(18-16-26)20-24-9-6-5-7-10-24/h5-11,13-14,26H,12,15-21H2,1-4H3,(H,33,36)(H,30,31,32). The normalized spacial score (nSPS) is 20.8. The molecule has 2 aliphatic heterocycles. The van der Waals surface area contributed by atoms with Crippen LogP contribution in [-0.2, 0) is 11.3 Å². The second-order valence-corrected chi connectivity index (χ2v) is 10.9. The van der Waals surface area contributed by atoms with Crippen molar-refractivity contribution in [2.45, 2.75) is 66.0 Å². The molecule has 1 saturated heterocycles. The van der Waals surface area contributed by atoms with Crippen LogP contribution in [0, 0.1) is 5.41 Å². The van der Waals surface area contributed by atoms with Crippen LogP contribution in [0.15, 0.2) is 75.8 Å². The first-order valence-electron chi connectivity index (χ1n) is 13.0. The number of carbonyl (C=O) groups excluding carboxylic acids is 1. The van der Waals surface area contributed by atoms with Crippen LogP contribution in [0.25, 0.3) is 0 Å². The Balaban J connectivity index is 1.40. The molecule has 7 nitrogen and oxygen atoms in total. The van der Waals surface area contributed by atoms with Crippen LogP contribution in [-0.4, -0.2) is 53.4 Å². The first kappa shape index (κ1) is 25.9. The van der Waals surface area contributed by atoms with Crippen LogP contribution < -0.4 is 10.7 Å². The minimum absolute atomic E-state index is 0.130. The summed E-state index contributed by atoms with van der Waals surface area (Å²) in [5.74, 6) is 1.43. The number of aliphatic imine (C=N–C) groups is 2. The van der Waals surface area contributed by atoms with Crippen molar-refractivity contribution >= 4 is 17.7 Å². The number of carbonyl (C=O) groups is 1. The largest absolute Gasteiger partial charge is 0.313 e. The van der Waals surface area contributed by atoms with E-state index < -0.39 is 0 Å². The van der Waals surface area contributed by atoms with Gasteiger partial charge in [-0.3, -0.25) is 15.1 Å². The van der Waals surface area contributed by atoms with Gasteiger partial charge in [-0.25, -0.2) is 15.0 Å². The van der Waals surface area contributed by atoms with Crippen molar-refractivity contribution < 1.29 is 4.79 Å². The van der Waals surface area contributed by atoms with Gasteiger partial charge in [-0.1, -0.05) is 81.0 Å². The van der Waals surface area contributed by atoms with Gasteiger partial charge in [0.05, 0.1) is 6.04 Å². The van der Waals surface area contributed by atoms with E-state index in [1.807, 2.05) is 0 Å². The van der Waals surface area contributed by atoms with Crippen molar-refractivity contribution in [1.29, 1.82) is 0 Å². The minimum atomic E-state index is -0.130. The Hall–Kier alpha value is -3.19. The van der Waals surface area contributed by atoms with Crippen molar-refractivity contribution in [3.63, 3.8) is 0 Å². The maximum absolute atomic E-state index is 11.8. The summed E-state index contributed by atoms with van der Waals surface area (Å²) in [6.07, 6.45) is 12.5. The van der Waals surface area contributed by atoms with Crippen molar-refractivity contribution in [2.24, 2.45) is 15.4 Å². The molecule has 3 aliphatic rings. The molecule has 1 fully saturated rings. The molecule has 0 saturated carbocycles. The monoisotopic (exact) mass is 488 g/mol. The molecular formula is C29H40N6O. The molecule has 7 heteroatoms. The van der Waals surface area contributed by atoms with Crippen LogP contribution in [0.4, 0.5) is 0 Å². The first-order chi connectivity index (χ1) is 17.3. The Kier molecular flexibility index (Phi) is 8.41. The van der Waals surface area contributed by atoms with E-state index in [0.29, 0.717) is 19.0 Å². The Morgan fingerprint density at radius 1 is 1.17 bits per heavy atom. The second kappa shape index (κ2) is 11.7. The number of amides is 1. The van der Waals surface area contributed by atoms with Gasteiger partial charge < -0.3 is 5.32 Å². The number of piperidine rings is 1. The number of hydrazine groups is 1. The summed E-state index contributed by atoms with van der Waals surface area (Å²) in [7, 11) is 0. The summed E-state index contributed by atoms with van der Waals surface area (Å²) in [6, 6.07) is 10.8. The van der Waals surface area contributed by atoms with Gasteiger partial charge in [0.2, 0.25) is 11.9 Å². The molecule has 2 heterocycles. The van der Waals surface area contributed by atoms with Gasteiger partial charge in [0.15, 0.2) is 0 Å². The number of benzene rings is 1. The molecular weight excluding hydrogens is 448 g/mol. The lowest BCUT2D eigenvalue weighted by Crippen LogP contribution is -2.56. The van der Waals surface area contributed by atoms with Crippen LogP contribution in [0.1, 0.15) is 58.9 Å². The summed E-state index contributed by atoms with van der Waals surface area (Å²) in [6.45, 7) is 11.6. The minimum Gasteiger partial charge on any atom is -0.313 e. The zero-order valence-electron chi connectivity index (χ0n) is 22.1. The third-order valence-corrected chi connectivity index (χ3v) is 6.82. The zero-order chi connectivity index (χ0) is 25.5. The molecule has 192 valence electrons. The fourth-order valence-corrected chi connectivity index (χ4v) is 4.70. The molecule has 4 rings (SSSR count). The predicted octanol–water partition coefficient (Wildman–Crippen LogP) is 4.57. The highest BCUT2D eigenvalue weighted by molar-refractivity contribution is 6.02. The van der Waals surface area contributed by atoms with Crippen molar-refractivity contribution in [3.8, 4) is 0 Å². The molecule has 0 radical (unpaired) electrons. The summed E-state index contributed by atoms with van der Waals surface area (Å²) < 4.78 is 0. The summed E-state index contributed by atoms with van der Waals surface area (Å²) in [5.41, 5.74) is 7.00. The Morgan fingerprint density at radius 3 is 2.61 bits per heavy atom. The van der Waals surface area contributed by atoms with Gasteiger partial charge in [0.1, 0.15) is 12.5 Å². The van der Waals surface area contributed by atoms with E-state index in [0.717, 1.165) is 44.7 Å². The van der Waals surface area contributed by atoms with Crippen molar-refractivity contribution in [1.82, 2.24) is 20.7 Å². The Bertz CT molecular complexity index is 1070. The van der Waals surface area contributed by atoms with E-state index in [1.165, 1.54) is 23.6 Å². The number of nitrogens with one attached hydrogen (secondary N) is 2. The average molecular weight is 489 g/mol. The van der Waals surface area contributed by atoms with Gasteiger partial charge in [-0.05, 0) is 35.8 Å². The van der Waals surface area contributed by atoms with Crippen molar-refractivity contribution in [3.05, 3.63) is 71.3 Å². The van der Waals surface area contributed by atoms with E-state index >= 15 is 0 Å². The third kappa shape index (κ3) is 7.40. The lowest BCUT2D eigenvalue weighted by molar-refractivity contribution is -0.122. The number of rotatable bonds is 6. The number of guanidine groups is 1. The maximum atomic E-state index is 11.8. The van der Waals surface area contributed by atoms with E-state index in [-0.39, 0.29) is 17.4 Å². The van der Waals surface area contributed by atoms with E-state index in [1.54, 1.807) is 5.01 Å². The number of nitrogens with zero attached hydrogens (tertiary/aromatic N) is 4. The number of hydrogen-bond acceptors (Lipinski definition) is 4. The lowest BCUT2D eigenvalue weighted by Gasteiger charge is -2.33. The topological polar surface area (TPSA) is 72.3 Å². The van der Waals surface area contributed by atoms with Crippen LogP contribution in [0.2, 0.25) is 0 Å². The molecule has 36 heavy (non-hydrogen) atoms. The van der Waals surface area contributed by atoms with Gasteiger partial charge in [0.25, 0.3) is 0 Å². The number of amidine groups is 1. The first-order valence-corrected chi connectivity index (χ1v) is 13.0. The van der Waals surface area contributed by atoms with Gasteiger partial charge in [-0.15, -0.1) is 0 Å². The smallest absolute Gasteiger partial charge is 0.235 e. The highest BCUT2D eigenvalue weighted by Crippen LogP contribution is 2.30. The van der Waals surface area contributed by atoms with Crippen molar-refractivity contribution in [2.75, 3.05) is 19.8 Å². The summed E-state index contributed by atoms with van der Waals surface area (Å²) >= 11 is 0. The van der Waals surface area contributed by atoms with E-state index in [9.17, 15) is 4.79 Å². The quantitative estimate of drug-likeness (QED) is 0.615. The van der Waals surface area contributed by atoms with Gasteiger partial charge >= 0.3 is 0 Å². The maximum Gasteiger partial charge on any atom is 0.235 e. The van der Waals surface area contributed by atoms with E-state index in [2.05, 4.69) is 91.0 Å². The second-order valence-electron chi connectivity index (χ2n) is 10.9. The van der Waals surface area contributed by atoms with Crippen LogP contribution in [0.3, 0.4) is 0 Å². The van der Waals surface area contributed by atoms with Gasteiger partial charge in [0, 0.05) is 33.0 Å². The van der Waals surface area contributed by atoms with Gasteiger partial charge in [-0.2, -0.15) is 0 Å². The Labute approximate surface area is 215 Å². The molecule has 1 aromatic rings. The van der Waals surface area contributed by atoms with E-state index in [4.69, 9.17) is 9.98 Å². The molecule has 2 N–H and O–H groups in total. The molecule has 0 unspecified atom stereocenters. The summed E-state index contributed by atoms with van der Waals surface area (Å²) in [5, 5.41) is 5.14. The lowest BCUT2D eigenvalue weighted by atomic mass is 9.84.